The van der Waals surface area contributed by atoms with Gasteiger partial charge >= 0.3 is 12.1 Å². The molecule has 0 saturated carbocycles. The molecule has 46 heavy (non-hydrogen) atoms. The van der Waals surface area contributed by atoms with Gasteiger partial charge in [-0.3, -0.25) is 14.5 Å². The zero-order valence-electron chi connectivity index (χ0n) is 26.5. The van der Waals surface area contributed by atoms with Crippen molar-refractivity contribution in [2.24, 2.45) is 0 Å². The lowest BCUT2D eigenvalue weighted by Crippen LogP contribution is -2.53. The molecular formula is C38H39N3O5. The van der Waals surface area contributed by atoms with Gasteiger partial charge in [-0.1, -0.05) is 84.9 Å². The third-order valence-corrected chi connectivity index (χ3v) is 8.00. The van der Waals surface area contributed by atoms with Gasteiger partial charge in [-0.05, 0) is 79.3 Å². The molecule has 0 spiro atoms. The maximum atomic E-state index is 14.2. The van der Waals surface area contributed by atoms with Crippen LogP contribution in [0.1, 0.15) is 56.8 Å². The Bertz CT molecular complexity index is 1760. The molecule has 8 heteroatoms. The number of amides is 2. The fourth-order valence-corrected chi connectivity index (χ4v) is 5.87. The number of anilines is 2. The standard InChI is InChI=1S/C38H39N3O5/c1-24-31(30-12-8-9-13-32(30)39)23-33(36(44)40-29-20-14-25(15-21-29)22-34(42)43)41(37(45)46-38(2,3)4)35(24)28-18-16-27(17-19-28)26-10-6-5-7-11-26/h5-21,33,35H,22-23,39H2,1-4H3,(H,40,44)(H,42,43)/t33-,35?/m1/s1. The highest BCUT2D eigenvalue weighted by Gasteiger charge is 2.44. The second-order valence-electron chi connectivity index (χ2n) is 12.5. The zero-order valence-corrected chi connectivity index (χ0v) is 26.5. The molecule has 4 aromatic carbocycles. The van der Waals surface area contributed by atoms with Gasteiger partial charge in [0, 0.05) is 23.4 Å². The van der Waals surface area contributed by atoms with Gasteiger partial charge < -0.3 is 20.9 Å². The quantitative estimate of drug-likeness (QED) is 0.183. The van der Waals surface area contributed by atoms with Crippen molar-refractivity contribution < 1.29 is 24.2 Å². The molecule has 236 valence electrons. The van der Waals surface area contributed by atoms with Crippen LogP contribution >= 0.6 is 0 Å². The van der Waals surface area contributed by atoms with E-state index >= 15 is 0 Å². The van der Waals surface area contributed by atoms with Gasteiger partial charge in [0.15, 0.2) is 0 Å². The number of rotatable bonds is 7. The Labute approximate surface area is 269 Å². The number of carboxylic acid groups (broad SMARTS) is 1. The predicted octanol–water partition coefficient (Wildman–Crippen LogP) is 7.73. The maximum Gasteiger partial charge on any atom is 0.411 e. The molecule has 2 atom stereocenters. The van der Waals surface area contributed by atoms with E-state index in [1.807, 2.05) is 85.8 Å². The van der Waals surface area contributed by atoms with Gasteiger partial charge in [0.25, 0.3) is 0 Å². The number of nitrogens with zero attached hydrogens (tertiary/aromatic N) is 1. The highest BCUT2D eigenvalue weighted by Crippen LogP contribution is 2.45. The summed E-state index contributed by atoms with van der Waals surface area (Å²) >= 11 is 0. The lowest BCUT2D eigenvalue weighted by atomic mass is 9.81. The molecule has 0 bridgehead atoms. The van der Waals surface area contributed by atoms with E-state index in [-0.39, 0.29) is 12.8 Å². The minimum atomic E-state index is -0.953. The lowest BCUT2D eigenvalue weighted by Gasteiger charge is -2.43. The average Bonchev–Trinajstić information content (AvgIpc) is 3.01. The number of carboxylic acids is 1. The van der Waals surface area contributed by atoms with Gasteiger partial charge in [0.05, 0.1) is 12.5 Å². The summed E-state index contributed by atoms with van der Waals surface area (Å²) in [5, 5.41) is 12.1. The summed E-state index contributed by atoms with van der Waals surface area (Å²) in [6.45, 7) is 7.37. The summed E-state index contributed by atoms with van der Waals surface area (Å²) < 4.78 is 5.92. The molecule has 1 heterocycles. The van der Waals surface area contributed by atoms with Gasteiger partial charge in [0.1, 0.15) is 11.6 Å². The number of benzene rings is 4. The largest absolute Gasteiger partial charge is 0.481 e. The SMILES string of the molecule is CC1=C(c2ccccc2N)C[C@H](C(=O)Nc2ccc(CC(=O)O)cc2)N(C(=O)OC(C)(C)C)C1c1ccc(-c2ccccc2)cc1. The van der Waals surface area contributed by atoms with Crippen LogP contribution in [-0.4, -0.2) is 39.6 Å². The van der Waals surface area contributed by atoms with Crippen molar-refractivity contribution in [3.63, 3.8) is 0 Å². The minimum absolute atomic E-state index is 0.125. The Morgan fingerprint density at radius 3 is 2.09 bits per heavy atom. The van der Waals surface area contributed by atoms with E-state index in [1.165, 1.54) is 4.90 Å². The highest BCUT2D eigenvalue weighted by molar-refractivity contribution is 5.99. The van der Waals surface area contributed by atoms with Crippen molar-refractivity contribution in [2.45, 2.75) is 58.2 Å². The summed E-state index contributed by atoms with van der Waals surface area (Å²) in [4.78, 5) is 40.9. The second kappa shape index (κ2) is 13.3. The summed E-state index contributed by atoms with van der Waals surface area (Å²) in [5.41, 5.74) is 12.8. The molecule has 1 unspecified atom stereocenters. The van der Waals surface area contributed by atoms with Gasteiger partial charge in [-0.15, -0.1) is 0 Å². The number of para-hydroxylation sites is 1. The lowest BCUT2D eigenvalue weighted by molar-refractivity contribution is -0.136. The Morgan fingerprint density at radius 1 is 0.870 bits per heavy atom. The number of aliphatic carboxylic acids is 1. The molecule has 4 aromatic rings. The Balaban J connectivity index is 1.61. The van der Waals surface area contributed by atoms with Crippen LogP contribution in [0.15, 0.2) is 109 Å². The summed E-state index contributed by atoms with van der Waals surface area (Å²) in [7, 11) is 0. The van der Waals surface area contributed by atoms with E-state index < -0.39 is 35.7 Å². The van der Waals surface area contributed by atoms with Crippen molar-refractivity contribution in [2.75, 3.05) is 11.1 Å². The molecule has 0 radical (unpaired) electrons. The first-order valence-electron chi connectivity index (χ1n) is 15.2. The van der Waals surface area contributed by atoms with E-state index in [0.29, 0.717) is 16.9 Å². The number of nitrogen functional groups attached to an aromatic ring is 1. The van der Waals surface area contributed by atoms with Crippen LogP contribution in [0.25, 0.3) is 16.7 Å². The fourth-order valence-electron chi connectivity index (χ4n) is 5.87. The molecule has 5 rings (SSSR count). The van der Waals surface area contributed by atoms with Crippen LogP contribution in [0.3, 0.4) is 0 Å². The molecule has 1 aliphatic rings. The molecule has 0 fully saturated rings. The highest BCUT2D eigenvalue weighted by atomic mass is 16.6. The van der Waals surface area contributed by atoms with Crippen LogP contribution < -0.4 is 11.1 Å². The first-order valence-corrected chi connectivity index (χ1v) is 15.2. The number of hydrogen-bond acceptors (Lipinski definition) is 5. The van der Waals surface area contributed by atoms with Crippen LogP contribution in [0.4, 0.5) is 16.2 Å². The third kappa shape index (κ3) is 7.29. The van der Waals surface area contributed by atoms with Gasteiger partial charge in [0.2, 0.25) is 5.91 Å². The number of hydrogen-bond donors (Lipinski definition) is 3. The Morgan fingerprint density at radius 2 is 1.48 bits per heavy atom. The van der Waals surface area contributed by atoms with Crippen molar-refractivity contribution in [1.82, 2.24) is 4.90 Å². The van der Waals surface area contributed by atoms with Crippen LogP contribution in [0.2, 0.25) is 0 Å². The molecular weight excluding hydrogens is 578 g/mol. The molecule has 1 aliphatic heterocycles. The van der Waals surface area contributed by atoms with E-state index in [2.05, 4.69) is 5.32 Å². The van der Waals surface area contributed by atoms with E-state index in [4.69, 9.17) is 15.6 Å². The number of nitrogens with one attached hydrogen (secondary N) is 1. The van der Waals surface area contributed by atoms with Crippen LogP contribution in [0.5, 0.6) is 0 Å². The number of ether oxygens (including phenoxy) is 1. The Hall–Kier alpha value is -5.37. The van der Waals surface area contributed by atoms with Crippen LogP contribution in [0, 0.1) is 0 Å². The topological polar surface area (TPSA) is 122 Å². The third-order valence-electron chi connectivity index (χ3n) is 8.00. The summed E-state index contributed by atoms with van der Waals surface area (Å²) in [6, 6.07) is 30.6. The number of carbonyl (C=O) groups is 3. The van der Waals surface area contributed by atoms with E-state index in [0.717, 1.165) is 33.4 Å². The average molecular weight is 618 g/mol. The van der Waals surface area contributed by atoms with Gasteiger partial charge in [-0.25, -0.2) is 4.79 Å². The molecule has 2 amide bonds. The van der Waals surface area contributed by atoms with Crippen LogP contribution in [-0.2, 0) is 20.7 Å². The fraction of sp³-hybridized carbons (Fsp3) is 0.237. The van der Waals surface area contributed by atoms with E-state index in [1.54, 1.807) is 45.0 Å². The van der Waals surface area contributed by atoms with Crippen molar-refractivity contribution in [3.05, 3.63) is 125 Å². The maximum absolute atomic E-state index is 14.2. The first-order chi connectivity index (χ1) is 21.9. The van der Waals surface area contributed by atoms with E-state index in [9.17, 15) is 14.4 Å². The molecule has 8 nitrogen and oxygen atoms in total. The van der Waals surface area contributed by atoms with Crippen molar-refractivity contribution in [3.8, 4) is 11.1 Å². The first kappa shape index (κ1) is 32.0. The smallest absolute Gasteiger partial charge is 0.411 e. The summed E-state index contributed by atoms with van der Waals surface area (Å²) in [6.07, 6.45) is -0.526. The number of nitrogens with two attached hydrogens (primary N) is 1. The molecule has 0 aromatic heterocycles. The van der Waals surface area contributed by atoms with Gasteiger partial charge in [-0.2, -0.15) is 0 Å². The minimum Gasteiger partial charge on any atom is -0.481 e. The number of carbonyl (C=O) groups excluding carboxylic acids is 2. The zero-order chi connectivity index (χ0) is 33.0. The summed E-state index contributed by atoms with van der Waals surface area (Å²) in [5.74, 6) is -1.34. The van der Waals surface area contributed by atoms with Crippen molar-refractivity contribution in [1.29, 1.82) is 0 Å². The van der Waals surface area contributed by atoms with Crippen molar-refractivity contribution >= 4 is 34.9 Å². The Kier molecular flexibility index (Phi) is 9.28. The molecule has 0 aliphatic carbocycles. The molecule has 4 N–H and O–H groups in total. The monoisotopic (exact) mass is 617 g/mol. The molecule has 0 saturated heterocycles. The normalized spacial score (nSPS) is 16.6. The predicted molar refractivity (Wildman–Crippen MR) is 181 cm³/mol. The second-order valence-corrected chi connectivity index (χ2v) is 12.5.